The van der Waals surface area contributed by atoms with Crippen molar-refractivity contribution in [2.45, 2.75) is 19.4 Å². The van der Waals surface area contributed by atoms with E-state index in [2.05, 4.69) is 21.2 Å². The van der Waals surface area contributed by atoms with Crippen LogP contribution in [0.1, 0.15) is 28.4 Å². The predicted octanol–water partition coefficient (Wildman–Crippen LogP) is 3.40. The van der Waals surface area contributed by atoms with Crippen molar-refractivity contribution in [3.63, 3.8) is 0 Å². The molecule has 3 nitrogen and oxygen atoms in total. The molecule has 0 fully saturated rings. The van der Waals surface area contributed by atoms with Gasteiger partial charge in [-0.2, -0.15) is 0 Å². The molecule has 2 N–H and O–H groups in total. The molecule has 2 aromatic rings. The van der Waals surface area contributed by atoms with Gasteiger partial charge in [0, 0.05) is 10.0 Å². The molecule has 0 saturated heterocycles. The molecule has 1 atom stereocenters. The molecule has 21 heavy (non-hydrogen) atoms. The summed E-state index contributed by atoms with van der Waals surface area (Å²) in [6, 6.07) is 15.0. The van der Waals surface area contributed by atoms with Gasteiger partial charge in [0.15, 0.2) is 0 Å². The van der Waals surface area contributed by atoms with Crippen molar-refractivity contribution in [3.8, 4) is 0 Å². The topological polar surface area (TPSA) is 49.3 Å². The van der Waals surface area contributed by atoms with E-state index in [-0.39, 0.29) is 12.5 Å². The first-order valence-electron chi connectivity index (χ1n) is 6.71. The predicted molar refractivity (Wildman–Crippen MR) is 87.2 cm³/mol. The Morgan fingerprint density at radius 2 is 1.90 bits per heavy atom. The normalized spacial score (nSPS) is 13.5. The molecule has 2 aromatic carbocycles. The Balaban J connectivity index is 2.30. The van der Waals surface area contributed by atoms with Crippen LogP contribution in [0.4, 0.5) is 0 Å². The summed E-state index contributed by atoms with van der Waals surface area (Å²) in [5.41, 5.74) is 1.55. The third kappa shape index (κ3) is 3.52. The quantitative estimate of drug-likeness (QED) is 0.890. The molecular weight excluding hydrogens is 330 g/mol. The minimum Gasteiger partial charge on any atom is -0.394 e. The van der Waals surface area contributed by atoms with Crippen LogP contribution in [-0.4, -0.2) is 17.6 Å². The number of carbonyl (C=O) groups is 1. The van der Waals surface area contributed by atoms with E-state index in [4.69, 9.17) is 0 Å². The number of aryl methyl sites for hydroxylation is 1. The minimum atomic E-state index is -0.812. The van der Waals surface area contributed by atoms with Crippen molar-refractivity contribution in [2.24, 2.45) is 0 Å². The molecule has 110 valence electrons. The number of amides is 1. The Kier molecular flexibility index (Phi) is 4.80. The van der Waals surface area contributed by atoms with E-state index >= 15 is 0 Å². The van der Waals surface area contributed by atoms with E-state index in [1.165, 1.54) is 0 Å². The maximum Gasteiger partial charge on any atom is 0.252 e. The fraction of sp³-hybridized carbons (Fsp3) is 0.235. The second-order valence-electron chi connectivity index (χ2n) is 5.27. The lowest BCUT2D eigenvalue weighted by atomic mass is 9.92. The van der Waals surface area contributed by atoms with Gasteiger partial charge in [0.1, 0.15) is 0 Å². The van der Waals surface area contributed by atoms with E-state index in [9.17, 15) is 9.90 Å². The first-order chi connectivity index (χ1) is 9.96. The van der Waals surface area contributed by atoms with Crippen molar-refractivity contribution >= 4 is 21.8 Å². The zero-order valence-electron chi connectivity index (χ0n) is 12.1. The van der Waals surface area contributed by atoms with Crippen molar-refractivity contribution in [1.29, 1.82) is 0 Å². The van der Waals surface area contributed by atoms with E-state index < -0.39 is 5.54 Å². The molecule has 0 bridgehead atoms. The maximum absolute atomic E-state index is 12.5. The zero-order chi connectivity index (χ0) is 15.5. The SMILES string of the molecule is Cc1ccc(Br)cc1C(=O)NC(C)(CO)c1ccccc1. The minimum absolute atomic E-state index is 0.171. The van der Waals surface area contributed by atoms with Crippen LogP contribution in [0.5, 0.6) is 0 Å². The van der Waals surface area contributed by atoms with Gasteiger partial charge in [-0.3, -0.25) is 4.79 Å². The van der Waals surface area contributed by atoms with Crippen LogP contribution in [0.3, 0.4) is 0 Å². The van der Waals surface area contributed by atoms with Crippen LogP contribution >= 0.6 is 15.9 Å². The molecule has 2 rings (SSSR count). The Hall–Kier alpha value is -1.65. The molecular formula is C17H18BrNO2. The maximum atomic E-state index is 12.5. The van der Waals surface area contributed by atoms with E-state index in [1.807, 2.05) is 56.3 Å². The number of aliphatic hydroxyl groups excluding tert-OH is 1. The van der Waals surface area contributed by atoms with E-state index in [0.29, 0.717) is 5.56 Å². The van der Waals surface area contributed by atoms with Crippen LogP contribution in [0, 0.1) is 6.92 Å². The molecule has 4 heteroatoms. The molecule has 0 aliphatic carbocycles. The number of nitrogens with one attached hydrogen (secondary N) is 1. The van der Waals surface area contributed by atoms with Crippen LogP contribution in [0.2, 0.25) is 0 Å². The first kappa shape index (κ1) is 15.7. The standard InChI is InChI=1S/C17H18BrNO2/c1-12-8-9-14(18)10-15(12)16(21)19-17(2,11-20)13-6-4-3-5-7-13/h3-10,20H,11H2,1-2H3,(H,19,21). The van der Waals surface area contributed by atoms with Gasteiger partial charge in [-0.25, -0.2) is 0 Å². The third-order valence-electron chi connectivity index (χ3n) is 3.56. The Labute approximate surface area is 133 Å². The monoisotopic (exact) mass is 347 g/mol. The summed E-state index contributed by atoms with van der Waals surface area (Å²) >= 11 is 3.38. The molecule has 0 saturated carbocycles. The highest BCUT2D eigenvalue weighted by Crippen LogP contribution is 2.22. The summed E-state index contributed by atoms with van der Waals surface area (Å²) in [6.45, 7) is 3.53. The highest BCUT2D eigenvalue weighted by Gasteiger charge is 2.28. The number of benzene rings is 2. The second-order valence-corrected chi connectivity index (χ2v) is 6.19. The second kappa shape index (κ2) is 6.41. The fourth-order valence-electron chi connectivity index (χ4n) is 2.17. The van der Waals surface area contributed by atoms with Crippen LogP contribution < -0.4 is 5.32 Å². The average Bonchev–Trinajstić information content (AvgIpc) is 2.50. The highest BCUT2D eigenvalue weighted by atomic mass is 79.9. The number of hydrogen-bond acceptors (Lipinski definition) is 2. The number of aliphatic hydroxyl groups is 1. The van der Waals surface area contributed by atoms with Crippen LogP contribution in [0.15, 0.2) is 53.0 Å². The van der Waals surface area contributed by atoms with Crippen molar-refractivity contribution < 1.29 is 9.90 Å². The lowest BCUT2D eigenvalue weighted by molar-refractivity contribution is 0.0849. The Morgan fingerprint density at radius 1 is 1.24 bits per heavy atom. The summed E-state index contributed by atoms with van der Waals surface area (Å²) in [4.78, 5) is 12.5. The van der Waals surface area contributed by atoms with Crippen LogP contribution in [-0.2, 0) is 5.54 Å². The molecule has 1 amide bonds. The molecule has 0 spiro atoms. The highest BCUT2D eigenvalue weighted by molar-refractivity contribution is 9.10. The zero-order valence-corrected chi connectivity index (χ0v) is 13.6. The van der Waals surface area contributed by atoms with Gasteiger partial charge in [0.05, 0.1) is 12.1 Å². The number of hydrogen-bond donors (Lipinski definition) is 2. The van der Waals surface area contributed by atoms with Crippen molar-refractivity contribution in [3.05, 3.63) is 69.7 Å². The molecule has 0 heterocycles. The molecule has 0 aliphatic rings. The molecule has 0 radical (unpaired) electrons. The van der Waals surface area contributed by atoms with E-state index in [0.717, 1.165) is 15.6 Å². The Morgan fingerprint density at radius 3 is 2.52 bits per heavy atom. The summed E-state index contributed by atoms with van der Waals surface area (Å²) in [7, 11) is 0. The smallest absolute Gasteiger partial charge is 0.252 e. The number of rotatable bonds is 4. The van der Waals surface area contributed by atoms with Gasteiger partial charge < -0.3 is 10.4 Å². The van der Waals surface area contributed by atoms with Crippen molar-refractivity contribution in [1.82, 2.24) is 5.32 Å². The van der Waals surface area contributed by atoms with E-state index in [1.54, 1.807) is 6.07 Å². The summed E-state index contributed by atoms with van der Waals surface area (Å²) in [5.74, 6) is -0.200. The Bertz CT molecular complexity index is 642. The van der Waals surface area contributed by atoms with Gasteiger partial charge in [-0.15, -0.1) is 0 Å². The third-order valence-corrected chi connectivity index (χ3v) is 4.05. The van der Waals surface area contributed by atoms with Gasteiger partial charge in [0.25, 0.3) is 5.91 Å². The summed E-state index contributed by atoms with van der Waals surface area (Å²) in [6.07, 6.45) is 0. The molecule has 1 unspecified atom stereocenters. The van der Waals surface area contributed by atoms with Gasteiger partial charge in [-0.05, 0) is 37.1 Å². The van der Waals surface area contributed by atoms with Gasteiger partial charge in [-0.1, -0.05) is 52.3 Å². The lowest BCUT2D eigenvalue weighted by Gasteiger charge is -2.29. The first-order valence-corrected chi connectivity index (χ1v) is 7.50. The average molecular weight is 348 g/mol. The largest absolute Gasteiger partial charge is 0.394 e. The number of carbonyl (C=O) groups excluding carboxylic acids is 1. The van der Waals surface area contributed by atoms with Crippen LogP contribution in [0.25, 0.3) is 0 Å². The summed E-state index contributed by atoms with van der Waals surface area (Å²) < 4.78 is 0.851. The summed E-state index contributed by atoms with van der Waals surface area (Å²) in [5, 5.41) is 12.7. The van der Waals surface area contributed by atoms with Gasteiger partial charge >= 0.3 is 0 Å². The number of halogens is 1. The lowest BCUT2D eigenvalue weighted by Crippen LogP contribution is -2.46. The van der Waals surface area contributed by atoms with Crippen molar-refractivity contribution in [2.75, 3.05) is 6.61 Å². The molecule has 0 aliphatic heterocycles. The van der Waals surface area contributed by atoms with Gasteiger partial charge in [0.2, 0.25) is 0 Å². The fourth-order valence-corrected chi connectivity index (χ4v) is 2.53. The molecule has 0 aromatic heterocycles.